The third-order valence-electron chi connectivity index (χ3n) is 4.25. The van der Waals surface area contributed by atoms with Gasteiger partial charge in [-0.05, 0) is 19.9 Å². The fraction of sp³-hybridized carbons (Fsp3) is 0.538. The van der Waals surface area contributed by atoms with E-state index < -0.39 is 39.4 Å². The lowest BCUT2D eigenvalue weighted by Crippen LogP contribution is -2.39. The lowest BCUT2D eigenvalue weighted by Gasteiger charge is -2.25. The molecule has 0 bridgehead atoms. The molecule has 3 rings (SSSR count). The van der Waals surface area contributed by atoms with Crippen LogP contribution in [0.4, 0.5) is 26.3 Å². The minimum absolute atomic E-state index is 0.158. The molecule has 1 aliphatic heterocycles. The third kappa shape index (κ3) is 2.29. The van der Waals surface area contributed by atoms with Crippen LogP contribution in [0.25, 0.3) is 0 Å². The Labute approximate surface area is 147 Å². The Morgan fingerprint density at radius 2 is 1.72 bits per heavy atom. The van der Waals surface area contributed by atoms with Crippen LogP contribution in [-0.4, -0.2) is 32.2 Å². The predicted molar refractivity (Wildman–Crippen MR) is 77.2 cm³/mol. The highest BCUT2D eigenvalue weighted by molar-refractivity contribution is 6.53. The van der Waals surface area contributed by atoms with Crippen molar-refractivity contribution < 1.29 is 26.3 Å². The van der Waals surface area contributed by atoms with Crippen molar-refractivity contribution in [1.82, 2.24) is 15.2 Å². The molecule has 1 fully saturated rings. The normalized spacial score (nSPS) is 28.9. The molecule has 0 saturated heterocycles. The van der Waals surface area contributed by atoms with E-state index in [2.05, 4.69) is 15.6 Å². The first-order valence-electron chi connectivity index (χ1n) is 6.80. The van der Waals surface area contributed by atoms with Crippen molar-refractivity contribution >= 4 is 28.9 Å². The molecule has 25 heavy (non-hydrogen) atoms. The Balaban J connectivity index is 2.32. The van der Waals surface area contributed by atoms with E-state index in [0.717, 1.165) is 17.8 Å². The summed E-state index contributed by atoms with van der Waals surface area (Å²) in [7, 11) is 0. The van der Waals surface area contributed by atoms with Crippen LogP contribution in [-0.2, 0) is 5.54 Å². The van der Waals surface area contributed by atoms with Crippen molar-refractivity contribution in [2.75, 3.05) is 0 Å². The average Bonchev–Trinajstić information content (AvgIpc) is 2.79. The molecule has 1 saturated carbocycles. The van der Waals surface area contributed by atoms with Gasteiger partial charge in [-0.25, -0.2) is 0 Å². The van der Waals surface area contributed by atoms with Gasteiger partial charge in [-0.1, -0.05) is 23.2 Å². The van der Waals surface area contributed by atoms with Gasteiger partial charge in [0.1, 0.15) is 11.5 Å². The summed E-state index contributed by atoms with van der Waals surface area (Å²) in [4.78, 5) is 0. The summed E-state index contributed by atoms with van der Waals surface area (Å²) >= 11 is 11.9. The van der Waals surface area contributed by atoms with Crippen LogP contribution in [0.3, 0.4) is 0 Å². The van der Waals surface area contributed by atoms with Gasteiger partial charge < -0.3 is 0 Å². The minimum atomic E-state index is -5.03. The van der Waals surface area contributed by atoms with Crippen molar-refractivity contribution in [3.05, 3.63) is 29.2 Å². The molecule has 0 aromatic carbocycles. The zero-order valence-electron chi connectivity index (χ0n) is 12.5. The number of alkyl halides is 8. The summed E-state index contributed by atoms with van der Waals surface area (Å²) in [5.74, 6) is -2.51. The van der Waals surface area contributed by atoms with Crippen LogP contribution in [0.15, 0.2) is 28.6 Å². The molecule has 4 nitrogen and oxygen atoms in total. The standard InChI is InChI=1S/C13H9Cl2F6N4/c1-5-3-4-22-25(5)10(9(11(10,14)15)13(19,20)21)7-6(2)23-24-8(7)12(16,17)18/h3-4,9H,1-2H3. The Hall–Kier alpha value is -1.42. The maximum Gasteiger partial charge on any atom is 0.435 e. The summed E-state index contributed by atoms with van der Waals surface area (Å²) in [6.45, 7) is 2.50. The number of hydrogen-bond donors (Lipinski definition) is 0. The van der Waals surface area contributed by atoms with Crippen molar-refractivity contribution in [1.29, 1.82) is 0 Å². The molecule has 12 heteroatoms. The maximum absolute atomic E-state index is 13.6. The Morgan fingerprint density at radius 1 is 1.12 bits per heavy atom. The maximum atomic E-state index is 13.6. The van der Waals surface area contributed by atoms with Gasteiger partial charge in [-0.15, -0.1) is 5.10 Å². The van der Waals surface area contributed by atoms with Crippen LogP contribution >= 0.6 is 23.2 Å². The first-order chi connectivity index (χ1) is 11.3. The van der Waals surface area contributed by atoms with Gasteiger partial charge in [0, 0.05) is 17.5 Å². The molecule has 1 aromatic rings. The van der Waals surface area contributed by atoms with Gasteiger partial charge in [0.2, 0.25) is 0 Å². The van der Waals surface area contributed by atoms with E-state index in [9.17, 15) is 26.3 Å². The molecule has 0 amide bonds. The highest BCUT2D eigenvalue weighted by atomic mass is 35.5. The van der Waals surface area contributed by atoms with Crippen LogP contribution in [0, 0.1) is 12.8 Å². The number of nitrogens with zero attached hydrogens (tertiary/aromatic N) is 4. The number of halogens is 8. The molecule has 2 atom stereocenters. The van der Waals surface area contributed by atoms with Crippen molar-refractivity contribution in [3.63, 3.8) is 0 Å². The van der Waals surface area contributed by atoms with E-state index in [1.165, 1.54) is 13.0 Å². The third-order valence-corrected chi connectivity index (χ3v) is 5.26. The lowest BCUT2D eigenvalue weighted by molar-refractivity contribution is -0.154. The van der Waals surface area contributed by atoms with E-state index >= 15 is 0 Å². The molecule has 137 valence electrons. The molecule has 2 aliphatic rings. The Morgan fingerprint density at radius 3 is 2.12 bits per heavy atom. The minimum Gasteiger partial charge on any atom is -0.255 e. The number of allylic oxidation sites excluding steroid dienone is 2. The number of rotatable bonds is 2. The Kier molecular flexibility index (Phi) is 3.72. The molecule has 2 unspecified atom stereocenters. The van der Waals surface area contributed by atoms with Crippen LogP contribution < -0.4 is 5.43 Å². The summed E-state index contributed by atoms with van der Waals surface area (Å²) < 4.78 is 78.9. The smallest absolute Gasteiger partial charge is 0.255 e. The topological polar surface area (TPSA) is 44.3 Å². The second-order valence-corrected chi connectivity index (χ2v) is 7.14. The molecular formula is C13H9Cl2F6N4. The van der Waals surface area contributed by atoms with Gasteiger partial charge in [0.25, 0.3) is 0 Å². The first-order valence-corrected chi connectivity index (χ1v) is 7.56. The molecule has 2 heterocycles. The molecule has 0 N–H and O–H groups in total. The summed E-state index contributed by atoms with van der Waals surface area (Å²) in [5.41, 5.74) is -1.77. The van der Waals surface area contributed by atoms with Crippen molar-refractivity contribution in [3.8, 4) is 0 Å². The van der Waals surface area contributed by atoms with Crippen LogP contribution in [0.5, 0.6) is 0 Å². The monoisotopic (exact) mass is 405 g/mol. The SMILES string of the molecule is CC1=C(C2(n3nccc3C)C(C(F)(F)F)C2(Cl)Cl)C(C(F)(F)F)=N[N]1. The van der Waals surface area contributed by atoms with Crippen LogP contribution in [0.2, 0.25) is 0 Å². The first kappa shape index (κ1) is 18.4. The highest BCUT2D eigenvalue weighted by Crippen LogP contribution is 2.76. The van der Waals surface area contributed by atoms with Gasteiger partial charge in [0.05, 0.1) is 5.70 Å². The quantitative estimate of drug-likeness (QED) is 0.540. The van der Waals surface area contributed by atoms with E-state index in [4.69, 9.17) is 23.2 Å². The highest BCUT2D eigenvalue weighted by Gasteiger charge is 2.89. The number of aromatic nitrogens is 2. The van der Waals surface area contributed by atoms with Gasteiger partial charge in [0.15, 0.2) is 10.0 Å². The van der Waals surface area contributed by atoms with E-state index in [1.54, 1.807) is 0 Å². The van der Waals surface area contributed by atoms with E-state index in [1.807, 2.05) is 0 Å². The van der Waals surface area contributed by atoms with Crippen molar-refractivity contribution in [2.45, 2.75) is 36.1 Å². The molecule has 1 radical (unpaired) electrons. The van der Waals surface area contributed by atoms with E-state index in [-0.39, 0.29) is 11.4 Å². The summed E-state index contributed by atoms with van der Waals surface area (Å²) in [6.07, 6.45) is -8.86. The largest absolute Gasteiger partial charge is 0.435 e. The van der Waals surface area contributed by atoms with Gasteiger partial charge >= 0.3 is 12.4 Å². The number of hydrogen-bond acceptors (Lipinski definition) is 2. The van der Waals surface area contributed by atoms with Crippen molar-refractivity contribution in [2.24, 2.45) is 11.0 Å². The molecule has 0 spiro atoms. The van der Waals surface area contributed by atoms with E-state index in [0.29, 0.717) is 0 Å². The van der Waals surface area contributed by atoms with Gasteiger partial charge in [-0.3, -0.25) is 4.68 Å². The molecule has 1 aromatic heterocycles. The summed E-state index contributed by atoms with van der Waals surface area (Å²) in [5, 5.41) is 6.77. The fourth-order valence-electron chi connectivity index (χ4n) is 3.30. The molecular weight excluding hydrogens is 397 g/mol. The zero-order valence-corrected chi connectivity index (χ0v) is 14.1. The predicted octanol–water partition coefficient (Wildman–Crippen LogP) is 4.06. The van der Waals surface area contributed by atoms with Crippen LogP contribution in [0.1, 0.15) is 12.6 Å². The lowest BCUT2D eigenvalue weighted by atomic mass is 9.95. The average molecular weight is 406 g/mol. The zero-order chi connectivity index (χ0) is 19.0. The second-order valence-electron chi connectivity index (χ2n) is 5.76. The fourth-order valence-corrected chi connectivity index (χ4v) is 4.32. The van der Waals surface area contributed by atoms with Gasteiger partial charge in [-0.2, -0.15) is 36.9 Å². The summed E-state index contributed by atoms with van der Waals surface area (Å²) in [6, 6.07) is 1.34. The Bertz CT molecular complexity index is 791. The number of aryl methyl sites for hydroxylation is 1. The second kappa shape index (κ2) is 5.06. The molecule has 1 aliphatic carbocycles.